The third kappa shape index (κ3) is 3.76. The Hall–Kier alpha value is -3.48. The van der Waals surface area contributed by atoms with Crippen LogP contribution in [0.5, 0.6) is 0 Å². The summed E-state index contributed by atoms with van der Waals surface area (Å²) in [5, 5.41) is 7.84. The Balaban J connectivity index is 1.58. The third-order valence-electron chi connectivity index (χ3n) is 4.90. The first-order chi connectivity index (χ1) is 14.1. The maximum absolute atomic E-state index is 13.6. The van der Waals surface area contributed by atoms with E-state index in [-0.39, 0.29) is 23.8 Å². The number of halogens is 1. The quantitative estimate of drug-likeness (QED) is 0.549. The summed E-state index contributed by atoms with van der Waals surface area (Å²) >= 11 is 0. The van der Waals surface area contributed by atoms with Crippen LogP contribution in [0.25, 0.3) is 16.4 Å². The second kappa shape index (κ2) is 7.87. The SMILES string of the molecule is CCc1nn(CC(=O)NCCc2ccccc2)c(=O)c2cc3cc(F)ccc3n12. The van der Waals surface area contributed by atoms with Gasteiger partial charge in [0.1, 0.15) is 23.7 Å². The van der Waals surface area contributed by atoms with Gasteiger partial charge >= 0.3 is 0 Å². The second-order valence-corrected chi connectivity index (χ2v) is 6.89. The molecule has 0 spiro atoms. The van der Waals surface area contributed by atoms with Crippen molar-refractivity contribution >= 4 is 22.3 Å². The summed E-state index contributed by atoms with van der Waals surface area (Å²) in [6.07, 6.45) is 1.28. The number of rotatable bonds is 6. The van der Waals surface area contributed by atoms with E-state index >= 15 is 0 Å². The minimum absolute atomic E-state index is 0.160. The van der Waals surface area contributed by atoms with Crippen molar-refractivity contribution in [2.24, 2.45) is 0 Å². The molecule has 148 valence electrons. The maximum Gasteiger partial charge on any atom is 0.291 e. The zero-order valence-corrected chi connectivity index (χ0v) is 16.1. The number of amides is 1. The number of aryl methyl sites for hydroxylation is 1. The number of aromatic nitrogens is 3. The Morgan fingerprint density at radius 1 is 1.10 bits per heavy atom. The van der Waals surface area contributed by atoms with Crippen LogP contribution in [0.1, 0.15) is 18.3 Å². The van der Waals surface area contributed by atoms with Crippen LogP contribution in [-0.2, 0) is 24.2 Å². The van der Waals surface area contributed by atoms with E-state index in [1.54, 1.807) is 16.5 Å². The molecule has 4 aromatic rings. The van der Waals surface area contributed by atoms with Crippen LogP contribution >= 0.6 is 0 Å². The number of fused-ring (bicyclic) bond motifs is 3. The summed E-state index contributed by atoms with van der Waals surface area (Å²) in [7, 11) is 0. The standard InChI is InChI=1S/C22H21FN4O2/c1-2-20-25-26(14-21(28)24-11-10-15-6-4-3-5-7-15)22(29)19-13-16-12-17(23)8-9-18(16)27(19)20/h3-9,12-13H,2,10-11,14H2,1H3,(H,24,28). The van der Waals surface area contributed by atoms with Gasteiger partial charge in [-0.25, -0.2) is 9.07 Å². The molecule has 0 aliphatic rings. The Labute approximate surface area is 166 Å². The number of hydrogen-bond donors (Lipinski definition) is 1. The van der Waals surface area contributed by atoms with Crippen molar-refractivity contribution in [1.29, 1.82) is 0 Å². The number of nitrogens with one attached hydrogen (secondary N) is 1. The molecular formula is C22H21FN4O2. The summed E-state index contributed by atoms with van der Waals surface area (Å²) in [6, 6.07) is 15.9. The van der Waals surface area contributed by atoms with Gasteiger partial charge in [-0.2, -0.15) is 5.10 Å². The van der Waals surface area contributed by atoms with Crippen molar-refractivity contribution in [3.05, 3.63) is 82.2 Å². The monoisotopic (exact) mass is 392 g/mol. The molecular weight excluding hydrogens is 371 g/mol. The largest absolute Gasteiger partial charge is 0.354 e. The zero-order chi connectivity index (χ0) is 20.4. The minimum atomic E-state index is -0.378. The van der Waals surface area contributed by atoms with E-state index in [9.17, 15) is 14.0 Å². The molecule has 29 heavy (non-hydrogen) atoms. The highest BCUT2D eigenvalue weighted by atomic mass is 19.1. The topological polar surface area (TPSA) is 68.4 Å². The average Bonchev–Trinajstić information content (AvgIpc) is 3.10. The van der Waals surface area contributed by atoms with Gasteiger partial charge in [0.05, 0.1) is 5.52 Å². The van der Waals surface area contributed by atoms with Gasteiger partial charge in [-0.1, -0.05) is 37.3 Å². The Morgan fingerprint density at radius 3 is 2.66 bits per heavy atom. The molecule has 2 aromatic carbocycles. The maximum atomic E-state index is 13.6. The number of carbonyl (C=O) groups excluding carboxylic acids is 1. The molecule has 0 bridgehead atoms. The van der Waals surface area contributed by atoms with Gasteiger partial charge in [-0.3, -0.25) is 14.0 Å². The molecule has 0 unspecified atom stereocenters. The number of hydrogen-bond acceptors (Lipinski definition) is 3. The summed E-state index contributed by atoms with van der Waals surface area (Å²) in [5.41, 5.74) is 1.86. The Kier molecular flexibility index (Phi) is 5.12. The third-order valence-corrected chi connectivity index (χ3v) is 4.90. The highest BCUT2D eigenvalue weighted by Crippen LogP contribution is 2.20. The second-order valence-electron chi connectivity index (χ2n) is 6.89. The lowest BCUT2D eigenvalue weighted by Gasteiger charge is -2.10. The molecule has 1 amide bonds. The van der Waals surface area contributed by atoms with Crippen LogP contribution in [0.2, 0.25) is 0 Å². The van der Waals surface area contributed by atoms with E-state index < -0.39 is 0 Å². The zero-order valence-electron chi connectivity index (χ0n) is 16.1. The fourth-order valence-electron chi connectivity index (χ4n) is 3.50. The van der Waals surface area contributed by atoms with Gasteiger partial charge < -0.3 is 5.32 Å². The normalized spacial score (nSPS) is 11.2. The Bertz CT molecular complexity index is 1240. The van der Waals surface area contributed by atoms with Crippen molar-refractivity contribution in [2.45, 2.75) is 26.3 Å². The lowest BCUT2D eigenvalue weighted by Crippen LogP contribution is -2.36. The molecule has 0 fully saturated rings. The van der Waals surface area contributed by atoms with Crippen LogP contribution in [-0.4, -0.2) is 26.6 Å². The van der Waals surface area contributed by atoms with E-state index in [0.717, 1.165) is 11.1 Å². The first-order valence-electron chi connectivity index (χ1n) is 9.58. The van der Waals surface area contributed by atoms with Gasteiger partial charge in [0.2, 0.25) is 5.91 Å². The molecule has 0 radical (unpaired) electrons. The molecule has 0 aliphatic heterocycles. The molecule has 6 nitrogen and oxygen atoms in total. The first kappa shape index (κ1) is 18.9. The van der Waals surface area contributed by atoms with E-state index in [1.165, 1.54) is 16.8 Å². The molecule has 0 saturated heterocycles. The van der Waals surface area contributed by atoms with E-state index in [2.05, 4.69) is 10.4 Å². The predicted molar refractivity (Wildman–Crippen MR) is 109 cm³/mol. The van der Waals surface area contributed by atoms with Crippen molar-refractivity contribution in [2.75, 3.05) is 6.54 Å². The van der Waals surface area contributed by atoms with Crippen LogP contribution in [0.3, 0.4) is 0 Å². The highest BCUT2D eigenvalue weighted by Gasteiger charge is 2.15. The van der Waals surface area contributed by atoms with Crippen LogP contribution in [0.4, 0.5) is 4.39 Å². The molecule has 0 aliphatic carbocycles. The fourth-order valence-corrected chi connectivity index (χ4v) is 3.50. The van der Waals surface area contributed by atoms with Crippen LogP contribution in [0.15, 0.2) is 59.4 Å². The van der Waals surface area contributed by atoms with Crippen molar-refractivity contribution in [3.63, 3.8) is 0 Å². The first-order valence-corrected chi connectivity index (χ1v) is 9.58. The van der Waals surface area contributed by atoms with Crippen molar-refractivity contribution < 1.29 is 9.18 Å². The van der Waals surface area contributed by atoms with E-state index in [1.807, 2.05) is 37.3 Å². The van der Waals surface area contributed by atoms with Gasteiger partial charge in [0.15, 0.2) is 0 Å². The van der Waals surface area contributed by atoms with Crippen molar-refractivity contribution in [3.8, 4) is 0 Å². The van der Waals surface area contributed by atoms with Gasteiger partial charge in [0, 0.05) is 18.4 Å². The summed E-state index contributed by atoms with van der Waals surface area (Å²) in [4.78, 5) is 25.2. The molecule has 0 saturated carbocycles. The van der Waals surface area contributed by atoms with Crippen LogP contribution in [0, 0.1) is 5.82 Å². The summed E-state index contributed by atoms with van der Waals surface area (Å²) in [5.74, 6) is -0.0000772. The molecule has 0 atom stereocenters. The molecule has 4 rings (SSSR count). The summed E-state index contributed by atoms with van der Waals surface area (Å²) in [6.45, 7) is 2.24. The molecule has 7 heteroatoms. The molecule has 1 N–H and O–H groups in total. The number of carbonyl (C=O) groups is 1. The average molecular weight is 392 g/mol. The smallest absolute Gasteiger partial charge is 0.291 e. The van der Waals surface area contributed by atoms with Gasteiger partial charge in [0.25, 0.3) is 5.56 Å². The lowest BCUT2D eigenvalue weighted by atomic mass is 10.1. The van der Waals surface area contributed by atoms with E-state index in [0.29, 0.717) is 36.1 Å². The minimum Gasteiger partial charge on any atom is -0.354 e. The fraction of sp³-hybridized carbons (Fsp3) is 0.227. The number of nitrogens with zero attached hydrogens (tertiary/aromatic N) is 3. The van der Waals surface area contributed by atoms with Crippen LogP contribution < -0.4 is 10.9 Å². The molecule has 2 aromatic heterocycles. The summed E-state index contributed by atoms with van der Waals surface area (Å²) < 4.78 is 16.5. The van der Waals surface area contributed by atoms with Crippen molar-refractivity contribution in [1.82, 2.24) is 19.5 Å². The highest BCUT2D eigenvalue weighted by molar-refractivity contribution is 5.87. The Morgan fingerprint density at radius 2 is 1.90 bits per heavy atom. The van der Waals surface area contributed by atoms with Gasteiger partial charge in [-0.05, 0) is 36.2 Å². The van der Waals surface area contributed by atoms with Gasteiger partial charge in [-0.15, -0.1) is 0 Å². The predicted octanol–water partition coefficient (Wildman–Crippen LogP) is 2.71. The molecule has 2 heterocycles. The van der Waals surface area contributed by atoms with E-state index in [4.69, 9.17) is 0 Å². The lowest BCUT2D eigenvalue weighted by molar-refractivity contribution is -0.121. The number of benzene rings is 2.